The van der Waals surface area contributed by atoms with Crippen LogP contribution < -0.4 is 0 Å². The van der Waals surface area contributed by atoms with E-state index in [2.05, 4.69) is 0 Å². The van der Waals surface area contributed by atoms with E-state index in [1.165, 1.54) is 7.11 Å². The molecule has 0 bridgehead atoms. The molecule has 3 atom stereocenters. The summed E-state index contributed by atoms with van der Waals surface area (Å²) in [7, 11) is 1.27. The van der Waals surface area contributed by atoms with E-state index in [4.69, 9.17) is 18.9 Å². The van der Waals surface area contributed by atoms with Gasteiger partial charge in [-0.15, -0.1) is 0 Å². The van der Waals surface area contributed by atoms with Crippen LogP contribution in [0.5, 0.6) is 0 Å². The molecule has 2 aliphatic heterocycles. The van der Waals surface area contributed by atoms with E-state index in [0.717, 1.165) is 0 Å². The van der Waals surface area contributed by atoms with Crippen molar-refractivity contribution in [1.82, 2.24) is 0 Å². The molecule has 0 spiro atoms. The van der Waals surface area contributed by atoms with Crippen LogP contribution in [0.2, 0.25) is 0 Å². The van der Waals surface area contributed by atoms with Gasteiger partial charge in [-0.3, -0.25) is 9.59 Å². The number of carbonyl (C=O) groups excluding carboxylic acids is 3. The standard InChI is InChI=1S/C16H18O7/c1-8-11-13-10(23-8)5-4-9(14(17)20-2)12(13)16(19)22-7-3-6-21-15(11)18/h5,9,12-13H,3-4,6-7H2,1-2H3/t9?,12?,13-/m1/s1. The molecule has 2 heterocycles. The number of esters is 3. The molecule has 3 rings (SSSR count). The summed E-state index contributed by atoms with van der Waals surface area (Å²) in [5.74, 6) is -2.85. The Bertz CT molecular complexity index is 616. The summed E-state index contributed by atoms with van der Waals surface area (Å²) in [5.41, 5.74) is 0.286. The van der Waals surface area contributed by atoms with Gasteiger partial charge >= 0.3 is 17.9 Å². The number of hydrogen-bond acceptors (Lipinski definition) is 7. The second kappa shape index (κ2) is 6.06. The topological polar surface area (TPSA) is 88.1 Å². The molecule has 23 heavy (non-hydrogen) atoms. The number of methoxy groups -OCH3 is 1. The molecular weight excluding hydrogens is 304 g/mol. The summed E-state index contributed by atoms with van der Waals surface area (Å²) in [6, 6.07) is 0. The minimum absolute atomic E-state index is 0.140. The molecule has 0 saturated carbocycles. The van der Waals surface area contributed by atoms with Crippen molar-refractivity contribution in [3.05, 3.63) is 23.2 Å². The van der Waals surface area contributed by atoms with Gasteiger partial charge in [-0.1, -0.05) is 0 Å². The van der Waals surface area contributed by atoms with Gasteiger partial charge in [0, 0.05) is 6.42 Å². The van der Waals surface area contributed by atoms with E-state index in [-0.39, 0.29) is 18.8 Å². The maximum Gasteiger partial charge on any atom is 0.338 e. The maximum atomic E-state index is 12.5. The van der Waals surface area contributed by atoms with Crippen LogP contribution in [-0.2, 0) is 33.3 Å². The van der Waals surface area contributed by atoms with Crippen LogP contribution in [0.25, 0.3) is 0 Å². The zero-order valence-electron chi connectivity index (χ0n) is 13.0. The van der Waals surface area contributed by atoms with Crippen molar-refractivity contribution in [2.24, 2.45) is 17.8 Å². The molecular formula is C16H18O7. The molecule has 1 aliphatic carbocycles. The lowest BCUT2D eigenvalue weighted by Crippen LogP contribution is -2.41. The molecule has 124 valence electrons. The summed E-state index contributed by atoms with van der Waals surface area (Å²) in [5, 5.41) is 0. The molecule has 1 fully saturated rings. The lowest BCUT2D eigenvalue weighted by atomic mass is 9.72. The SMILES string of the molecule is COC(=O)C1CC=C2OC(C)=C3C(=O)OCCCOC(=O)C1[C@H]23. The van der Waals surface area contributed by atoms with E-state index in [0.29, 0.717) is 24.4 Å². The third kappa shape index (κ3) is 2.60. The van der Waals surface area contributed by atoms with Gasteiger partial charge in [0.2, 0.25) is 0 Å². The second-order valence-electron chi connectivity index (χ2n) is 5.70. The minimum atomic E-state index is -0.847. The largest absolute Gasteiger partial charge is 0.469 e. The van der Waals surface area contributed by atoms with E-state index in [1.54, 1.807) is 13.0 Å². The summed E-state index contributed by atoms with van der Waals surface area (Å²) in [4.78, 5) is 37.0. The van der Waals surface area contributed by atoms with Crippen molar-refractivity contribution in [1.29, 1.82) is 0 Å². The van der Waals surface area contributed by atoms with Crippen LogP contribution in [0.3, 0.4) is 0 Å². The molecule has 7 nitrogen and oxygen atoms in total. The van der Waals surface area contributed by atoms with Crippen molar-refractivity contribution >= 4 is 17.9 Å². The fourth-order valence-corrected chi connectivity index (χ4v) is 3.34. The first-order valence-electron chi connectivity index (χ1n) is 7.55. The van der Waals surface area contributed by atoms with Crippen molar-refractivity contribution in [2.45, 2.75) is 19.8 Å². The second-order valence-corrected chi connectivity index (χ2v) is 5.70. The zero-order chi connectivity index (χ0) is 16.6. The first kappa shape index (κ1) is 15.6. The lowest BCUT2D eigenvalue weighted by molar-refractivity contribution is -0.163. The Morgan fingerprint density at radius 1 is 1.26 bits per heavy atom. The summed E-state index contributed by atoms with van der Waals surface area (Å²) < 4.78 is 20.9. The Morgan fingerprint density at radius 2 is 2.00 bits per heavy atom. The van der Waals surface area contributed by atoms with Crippen molar-refractivity contribution < 1.29 is 33.3 Å². The van der Waals surface area contributed by atoms with Crippen LogP contribution in [0, 0.1) is 17.8 Å². The summed E-state index contributed by atoms with van der Waals surface area (Å²) >= 11 is 0. The van der Waals surface area contributed by atoms with Gasteiger partial charge in [0.1, 0.15) is 11.5 Å². The molecule has 0 aromatic heterocycles. The highest BCUT2D eigenvalue weighted by atomic mass is 16.6. The first-order chi connectivity index (χ1) is 11.0. The monoisotopic (exact) mass is 322 g/mol. The van der Waals surface area contributed by atoms with E-state index in [9.17, 15) is 14.4 Å². The quantitative estimate of drug-likeness (QED) is 0.527. The highest BCUT2D eigenvalue weighted by Gasteiger charge is 2.52. The predicted octanol–water partition coefficient (Wildman–Crippen LogP) is 1.09. The molecule has 7 heteroatoms. The zero-order valence-corrected chi connectivity index (χ0v) is 13.0. The van der Waals surface area contributed by atoms with Gasteiger partial charge < -0.3 is 18.9 Å². The van der Waals surface area contributed by atoms with Gasteiger partial charge in [0.05, 0.1) is 43.7 Å². The van der Waals surface area contributed by atoms with Crippen LogP contribution in [0.15, 0.2) is 23.2 Å². The molecule has 1 saturated heterocycles. The number of carbonyl (C=O) groups is 3. The van der Waals surface area contributed by atoms with Gasteiger partial charge in [-0.05, 0) is 19.4 Å². The number of hydrogen-bond donors (Lipinski definition) is 0. The lowest BCUT2D eigenvalue weighted by Gasteiger charge is -2.32. The van der Waals surface area contributed by atoms with Crippen LogP contribution in [0.1, 0.15) is 19.8 Å². The van der Waals surface area contributed by atoms with Crippen molar-refractivity contribution in [2.75, 3.05) is 20.3 Å². The molecule has 3 aliphatic rings. The number of ether oxygens (including phenoxy) is 4. The van der Waals surface area contributed by atoms with E-state index < -0.39 is 35.7 Å². The minimum Gasteiger partial charge on any atom is -0.469 e. The Labute approximate surface area is 133 Å². The third-order valence-electron chi connectivity index (χ3n) is 4.40. The molecule has 0 amide bonds. The average Bonchev–Trinajstić information content (AvgIpc) is 2.87. The highest BCUT2D eigenvalue weighted by molar-refractivity contribution is 5.94. The number of cyclic esters (lactones) is 2. The number of allylic oxidation sites excluding steroid dienone is 3. The normalized spacial score (nSPS) is 30.5. The Balaban J connectivity index is 2.06. The molecule has 0 radical (unpaired) electrons. The van der Waals surface area contributed by atoms with Gasteiger partial charge in [-0.2, -0.15) is 0 Å². The van der Waals surface area contributed by atoms with E-state index in [1.807, 2.05) is 0 Å². The van der Waals surface area contributed by atoms with E-state index >= 15 is 0 Å². The fraction of sp³-hybridized carbons (Fsp3) is 0.562. The summed E-state index contributed by atoms with van der Waals surface area (Å²) in [6.45, 7) is 1.96. The average molecular weight is 322 g/mol. The maximum absolute atomic E-state index is 12.5. The molecule has 0 aromatic carbocycles. The Hall–Kier alpha value is -2.31. The molecule has 0 aromatic rings. The summed E-state index contributed by atoms with van der Waals surface area (Å²) in [6.07, 6.45) is 2.44. The van der Waals surface area contributed by atoms with Crippen molar-refractivity contribution in [3.8, 4) is 0 Å². The van der Waals surface area contributed by atoms with Crippen molar-refractivity contribution in [3.63, 3.8) is 0 Å². The molecule has 0 N–H and O–H groups in total. The van der Waals surface area contributed by atoms with Crippen LogP contribution >= 0.6 is 0 Å². The fourth-order valence-electron chi connectivity index (χ4n) is 3.34. The smallest absolute Gasteiger partial charge is 0.338 e. The Kier molecular flexibility index (Phi) is 4.11. The Morgan fingerprint density at radius 3 is 2.74 bits per heavy atom. The van der Waals surface area contributed by atoms with Gasteiger partial charge in [0.25, 0.3) is 0 Å². The van der Waals surface area contributed by atoms with Crippen LogP contribution in [0.4, 0.5) is 0 Å². The molecule has 2 unspecified atom stereocenters. The number of rotatable bonds is 1. The third-order valence-corrected chi connectivity index (χ3v) is 4.40. The first-order valence-corrected chi connectivity index (χ1v) is 7.55. The highest BCUT2D eigenvalue weighted by Crippen LogP contribution is 2.47. The van der Waals surface area contributed by atoms with Gasteiger partial charge in [-0.25, -0.2) is 4.79 Å². The van der Waals surface area contributed by atoms with Gasteiger partial charge in [0.15, 0.2) is 0 Å². The predicted molar refractivity (Wildman–Crippen MR) is 75.5 cm³/mol. The van der Waals surface area contributed by atoms with Crippen LogP contribution in [-0.4, -0.2) is 38.2 Å².